The van der Waals surface area contributed by atoms with Gasteiger partial charge >= 0.3 is 0 Å². The summed E-state index contributed by atoms with van der Waals surface area (Å²) in [6.45, 7) is 6.50. The van der Waals surface area contributed by atoms with Gasteiger partial charge in [0.2, 0.25) is 0 Å². The molecule has 0 saturated heterocycles. The van der Waals surface area contributed by atoms with Gasteiger partial charge in [0.25, 0.3) is 15.9 Å². The number of hydrogen-bond donors (Lipinski definition) is 1. The highest BCUT2D eigenvalue weighted by atomic mass is 32.2. The first-order valence-electron chi connectivity index (χ1n) is 11.6. The summed E-state index contributed by atoms with van der Waals surface area (Å²) in [7, 11) is -3.88. The van der Waals surface area contributed by atoms with Crippen LogP contribution in [0.5, 0.6) is 11.5 Å². The summed E-state index contributed by atoms with van der Waals surface area (Å²) in [6.07, 6.45) is -0.993. The monoisotopic (exact) mass is 494 g/mol. The van der Waals surface area contributed by atoms with Gasteiger partial charge < -0.3 is 14.8 Å². The number of aryl methyl sites for hydroxylation is 1. The third-order valence-electron chi connectivity index (χ3n) is 5.84. The summed E-state index contributed by atoms with van der Waals surface area (Å²) in [5, 5.41) is 2.81. The molecule has 1 heterocycles. The summed E-state index contributed by atoms with van der Waals surface area (Å²) >= 11 is 0. The van der Waals surface area contributed by atoms with Gasteiger partial charge in [-0.25, -0.2) is 8.42 Å². The molecule has 0 bridgehead atoms. The van der Waals surface area contributed by atoms with Gasteiger partial charge in [0.15, 0.2) is 6.10 Å². The van der Waals surface area contributed by atoms with Crippen molar-refractivity contribution in [2.45, 2.75) is 37.7 Å². The molecule has 0 fully saturated rings. The number of nitrogens with one attached hydrogen (secondary N) is 1. The number of sulfonamides is 1. The smallest absolute Gasteiger partial charge is 0.264 e. The molecule has 1 aliphatic rings. The van der Waals surface area contributed by atoms with Crippen LogP contribution in [0.15, 0.2) is 77.7 Å². The van der Waals surface area contributed by atoms with Crippen LogP contribution in [0, 0.1) is 6.92 Å². The van der Waals surface area contributed by atoms with E-state index in [9.17, 15) is 13.2 Å². The molecule has 184 valence electrons. The summed E-state index contributed by atoms with van der Waals surface area (Å²) in [6, 6.07) is 21.3. The molecule has 1 atom stereocenters. The van der Waals surface area contributed by atoms with Gasteiger partial charge in [0.05, 0.1) is 23.7 Å². The predicted octanol–water partition coefficient (Wildman–Crippen LogP) is 4.27. The van der Waals surface area contributed by atoms with Gasteiger partial charge in [-0.15, -0.1) is 0 Å². The number of fused-ring (bicyclic) bond motifs is 1. The zero-order valence-electron chi connectivity index (χ0n) is 20.1. The van der Waals surface area contributed by atoms with Crippen molar-refractivity contribution in [3.63, 3.8) is 0 Å². The third kappa shape index (κ3) is 5.43. The van der Waals surface area contributed by atoms with Crippen LogP contribution in [0.25, 0.3) is 0 Å². The van der Waals surface area contributed by atoms with Gasteiger partial charge in [-0.2, -0.15) is 0 Å². The first-order valence-corrected chi connectivity index (χ1v) is 13.1. The van der Waals surface area contributed by atoms with Crippen molar-refractivity contribution >= 4 is 21.6 Å². The van der Waals surface area contributed by atoms with Crippen LogP contribution in [0.4, 0.5) is 5.69 Å². The van der Waals surface area contributed by atoms with Crippen molar-refractivity contribution in [2.75, 3.05) is 24.0 Å². The molecule has 3 aromatic carbocycles. The second-order valence-corrected chi connectivity index (χ2v) is 10.6. The number of para-hydroxylation sites is 3. The van der Waals surface area contributed by atoms with E-state index in [1.807, 2.05) is 31.2 Å². The minimum absolute atomic E-state index is 0.129. The highest BCUT2D eigenvalue weighted by Crippen LogP contribution is 2.36. The lowest BCUT2D eigenvalue weighted by atomic mass is 10.0. The number of carbonyl (C=O) groups excluding carboxylic acids is 1. The second kappa shape index (κ2) is 10.4. The number of hydrogen-bond acceptors (Lipinski definition) is 5. The molecule has 1 aliphatic heterocycles. The van der Waals surface area contributed by atoms with Crippen molar-refractivity contribution in [1.82, 2.24) is 5.32 Å². The minimum Gasteiger partial charge on any atom is -0.491 e. The summed E-state index contributed by atoms with van der Waals surface area (Å²) in [4.78, 5) is 13.1. The molecule has 7 nitrogen and oxygen atoms in total. The Morgan fingerprint density at radius 3 is 2.49 bits per heavy atom. The largest absolute Gasteiger partial charge is 0.491 e. The fraction of sp³-hybridized carbons (Fsp3) is 0.296. The van der Waals surface area contributed by atoms with E-state index in [1.165, 1.54) is 4.31 Å². The SMILES string of the molecule is Cc1ccc(S(=O)(=O)N2CC(C(=O)NCCOc3ccccc3C(C)C)Oc3ccccc32)cc1. The lowest BCUT2D eigenvalue weighted by molar-refractivity contribution is -0.127. The summed E-state index contributed by atoms with van der Waals surface area (Å²) in [5.41, 5.74) is 2.47. The molecule has 1 amide bonds. The molecule has 0 aromatic heterocycles. The van der Waals surface area contributed by atoms with Crippen LogP contribution < -0.4 is 19.1 Å². The summed E-state index contributed by atoms with van der Waals surface area (Å²) in [5.74, 6) is 1.05. The average Bonchev–Trinajstić information content (AvgIpc) is 2.86. The topological polar surface area (TPSA) is 84.9 Å². The number of rotatable bonds is 8. The normalized spacial score (nSPS) is 15.3. The minimum atomic E-state index is -3.88. The molecular weight excluding hydrogens is 464 g/mol. The van der Waals surface area contributed by atoms with E-state index in [-0.39, 0.29) is 24.6 Å². The van der Waals surface area contributed by atoms with Crippen LogP contribution in [-0.4, -0.2) is 40.1 Å². The van der Waals surface area contributed by atoms with Crippen LogP contribution >= 0.6 is 0 Å². The first kappa shape index (κ1) is 24.6. The van der Waals surface area contributed by atoms with Crippen molar-refractivity contribution in [3.05, 3.63) is 83.9 Å². The van der Waals surface area contributed by atoms with Gasteiger partial charge in [0.1, 0.15) is 18.1 Å². The Balaban J connectivity index is 1.45. The number of nitrogens with zero attached hydrogens (tertiary/aromatic N) is 1. The van der Waals surface area contributed by atoms with Crippen molar-refractivity contribution in [3.8, 4) is 11.5 Å². The molecular formula is C27H30N2O5S. The zero-order valence-corrected chi connectivity index (χ0v) is 20.9. The molecule has 1 N–H and O–H groups in total. The lowest BCUT2D eigenvalue weighted by Crippen LogP contribution is -2.51. The number of benzene rings is 3. The quantitative estimate of drug-likeness (QED) is 0.473. The van der Waals surface area contributed by atoms with E-state index in [1.54, 1.807) is 48.5 Å². The third-order valence-corrected chi connectivity index (χ3v) is 7.63. The van der Waals surface area contributed by atoms with E-state index in [0.29, 0.717) is 17.4 Å². The Morgan fingerprint density at radius 1 is 1.06 bits per heavy atom. The molecule has 35 heavy (non-hydrogen) atoms. The molecule has 3 aromatic rings. The van der Waals surface area contributed by atoms with Gasteiger partial charge in [-0.3, -0.25) is 9.10 Å². The molecule has 4 rings (SSSR count). The maximum Gasteiger partial charge on any atom is 0.264 e. The number of ether oxygens (including phenoxy) is 2. The van der Waals surface area contributed by atoms with Crippen LogP contribution in [0.1, 0.15) is 30.9 Å². The molecule has 0 saturated carbocycles. The van der Waals surface area contributed by atoms with Crippen LogP contribution in [0.2, 0.25) is 0 Å². The van der Waals surface area contributed by atoms with E-state index < -0.39 is 22.0 Å². The number of amides is 1. The number of anilines is 1. The highest BCUT2D eigenvalue weighted by molar-refractivity contribution is 7.92. The van der Waals surface area contributed by atoms with Crippen LogP contribution in [-0.2, 0) is 14.8 Å². The zero-order chi connectivity index (χ0) is 25.0. The highest BCUT2D eigenvalue weighted by Gasteiger charge is 2.37. The first-order chi connectivity index (χ1) is 16.8. The number of carbonyl (C=O) groups is 1. The fourth-order valence-corrected chi connectivity index (χ4v) is 5.42. The summed E-state index contributed by atoms with van der Waals surface area (Å²) < 4.78 is 39.9. The van der Waals surface area contributed by atoms with E-state index >= 15 is 0 Å². The van der Waals surface area contributed by atoms with E-state index in [4.69, 9.17) is 9.47 Å². The standard InChI is InChI=1S/C27H30N2O5S/c1-19(2)22-8-4-6-10-24(22)33-17-16-28-27(30)26-18-29(23-9-5-7-11-25(23)34-26)35(31,32)21-14-12-20(3)13-15-21/h4-15,19,26H,16-18H2,1-3H3,(H,28,30). The van der Waals surface area contributed by atoms with Gasteiger partial charge in [-0.05, 0) is 48.7 Å². The van der Waals surface area contributed by atoms with E-state index in [2.05, 4.69) is 19.2 Å². The molecule has 0 aliphatic carbocycles. The predicted molar refractivity (Wildman–Crippen MR) is 136 cm³/mol. The van der Waals surface area contributed by atoms with Crippen molar-refractivity contribution in [2.24, 2.45) is 0 Å². The average molecular weight is 495 g/mol. The Morgan fingerprint density at radius 2 is 1.74 bits per heavy atom. The van der Waals surface area contributed by atoms with Gasteiger partial charge in [-0.1, -0.05) is 61.9 Å². The Bertz CT molecular complexity index is 1290. The Labute approximate surface area is 206 Å². The molecule has 1 unspecified atom stereocenters. The molecule has 0 spiro atoms. The van der Waals surface area contributed by atoms with Crippen molar-refractivity contribution in [1.29, 1.82) is 0 Å². The Hall–Kier alpha value is -3.52. The maximum absolute atomic E-state index is 13.5. The molecule has 8 heteroatoms. The van der Waals surface area contributed by atoms with Gasteiger partial charge in [0, 0.05) is 0 Å². The maximum atomic E-state index is 13.5. The van der Waals surface area contributed by atoms with E-state index in [0.717, 1.165) is 16.9 Å². The Kier molecular flexibility index (Phi) is 7.31. The molecule has 0 radical (unpaired) electrons. The fourth-order valence-electron chi connectivity index (χ4n) is 3.94. The van der Waals surface area contributed by atoms with Crippen molar-refractivity contribution < 1.29 is 22.7 Å². The second-order valence-electron chi connectivity index (χ2n) is 8.76. The lowest BCUT2D eigenvalue weighted by Gasteiger charge is -2.34. The van der Waals surface area contributed by atoms with Crippen LogP contribution in [0.3, 0.4) is 0 Å².